The van der Waals surface area contributed by atoms with E-state index in [2.05, 4.69) is 49.9 Å². The van der Waals surface area contributed by atoms with Crippen molar-refractivity contribution < 1.29 is 0 Å². The fourth-order valence-electron chi connectivity index (χ4n) is 1.51. The van der Waals surface area contributed by atoms with Crippen molar-refractivity contribution in [1.29, 1.82) is 0 Å². The second-order valence-corrected chi connectivity index (χ2v) is 5.69. The zero-order valence-corrected chi connectivity index (χ0v) is 12.0. The molecule has 1 heterocycles. The third-order valence-corrected chi connectivity index (χ3v) is 4.34. The van der Waals surface area contributed by atoms with E-state index < -0.39 is 0 Å². The molecule has 1 N–H and O–H groups in total. The lowest BCUT2D eigenvalue weighted by atomic mass is 10.1. The first kappa shape index (κ1) is 13.5. The Hall–Kier alpha value is -0.610. The van der Waals surface area contributed by atoms with Crippen molar-refractivity contribution in [2.45, 2.75) is 40.3 Å². The third-order valence-electron chi connectivity index (χ3n) is 3.10. The maximum absolute atomic E-state index is 4.64. The van der Waals surface area contributed by atoms with E-state index >= 15 is 0 Å². The molecular weight excluding hydrogens is 218 g/mol. The van der Waals surface area contributed by atoms with E-state index in [9.17, 15) is 0 Å². The first-order valence-electron chi connectivity index (χ1n) is 5.81. The van der Waals surface area contributed by atoms with Crippen LogP contribution in [0.4, 0.5) is 5.13 Å². The highest BCUT2D eigenvalue weighted by Gasteiger charge is 2.17. The predicted octanol–water partition coefficient (Wildman–Crippen LogP) is 2.65. The van der Waals surface area contributed by atoms with Crippen molar-refractivity contribution >= 4 is 16.5 Å². The van der Waals surface area contributed by atoms with Crippen molar-refractivity contribution in [3.8, 4) is 0 Å². The van der Waals surface area contributed by atoms with Gasteiger partial charge in [-0.05, 0) is 26.8 Å². The van der Waals surface area contributed by atoms with E-state index in [0.29, 0.717) is 12.0 Å². The largest absolute Gasteiger partial charge is 0.348 e. The van der Waals surface area contributed by atoms with Crippen molar-refractivity contribution in [3.63, 3.8) is 0 Å². The van der Waals surface area contributed by atoms with E-state index in [0.717, 1.165) is 17.4 Å². The number of hydrogen-bond donors (Lipinski definition) is 1. The lowest BCUT2D eigenvalue weighted by molar-refractivity contribution is 0.505. The van der Waals surface area contributed by atoms with Crippen molar-refractivity contribution in [1.82, 2.24) is 10.3 Å². The molecule has 0 fully saturated rings. The summed E-state index contributed by atoms with van der Waals surface area (Å²) in [6.45, 7) is 9.74. The molecule has 92 valence electrons. The van der Waals surface area contributed by atoms with Gasteiger partial charge in [0.15, 0.2) is 5.13 Å². The average molecular weight is 241 g/mol. The van der Waals surface area contributed by atoms with Gasteiger partial charge in [0.05, 0.1) is 5.69 Å². The van der Waals surface area contributed by atoms with Gasteiger partial charge in [0.25, 0.3) is 0 Å². The highest BCUT2D eigenvalue weighted by atomic mass is 32.1. The number of rotatable bonds is 5. The SMILES string of the molecule is CNCc1sc(N(C)C(C)C(C)C)nc1C. The molecule has 4 heteroatoms. The fourth-order valence-corrected chi connectivity index (χ4v) is 2.63. The van der Waals surface area contributed by atoms with E-state index in [-0.39, 0.29) is 0 Å². The molecule has 0 saturated carbocycles. The third kappa shape index (κ3) is 2.95. The summed E-state index contributed by atoms with van der Waals surface area (Å²) in [5, 5.41) is 4.31. The standard InChI is InChI=1S/C12H23N3S/c1-8(2)10(4)15(6)12-14-9(3)11(16-12)7-13-5/h8,10,13H,7H2,1-6H3. The number of thiazole rings is 1. The number of hydrogen-bond acceptors (Lipinski definition) is 4. The molecule has 16 heavy (non-hydrogen) atoms. The van der Waals surface area contributed by atoms with Crippen LogP contribution in [0.1, 0.15) is 31.3 Å². The molecule has 1 atom stereocenters. The Kier molecular flexibility index (Phi) is 4.74. The van der Waals surface area contributed by atoms with Crippen LogP contribution in [0.3, 0.4) is 0 Å². The molecule has 1 rings (SSSR count). The lowest BCUT2D eigenvalue weighted by Gasteiger charge is -2.27. The van der Waals surface area contributed by atoms with Gasteiger partial charge in [0, 0.05) is 24.5 Å². The first-order chi connectivity index (χ1) is 7.47. The summed E-state index contributed by atoms with van der Waals surface area (Å²) in [6.07, 6.45) is 0. The van der Waals surface area contributed by atoms with Gasteiger partial charge >= 0.3 is 0 Å². The van der Waals surface area contributed by atoms with Crippen molar-refractivity contribution in [2.75, 3.05) is 19.0 Å². The molecule has 0 bridgehead atoms. The highest BCUT2D eigenvalue weighted by molar-refractivity contribution is 7.15. The van der Waals surface area contributed by atoms with Gasteiger partial charge in [-0.15, -0.1) is 11.3 Å². The fraction of sp³-hybridized carbons (Fsp3) is 0.750. The van der Waals surface area contributed by atoms with Gasteiger partial charge in [-0.3, -0.25) is 0 Å². The quantitative estimate of drug-likeness (QED) is 0.859. The van der Waals surface area contributed by atoms with Gasteiger partial charge in [-0.1, -0.05) is 13.8 Å². The molecule has 0 radical (unpaired) electrons. The minimum absolute atomic E-state index is 0.521. The van der Waals surface area contributed by atoms with E-state index in [1.165, 1.54) is 4.88 Å². The molecule has 1 aromatic rings. The average Bonchev–Trinajstić information content (AvgIpc) is 2.59. The molecule has 1 unspecified atom stereocenters. The number of anilines is 1. The zero-order chi connectivity index (χ0) is 12.3. The van der Waals surface area contributed by atoms with E-state index in [1.54, 1.807) is 11.3 Å². The summed E-state index contributed by atoms with van der Waals surface area (Å²) < 4.78 is 0. The van der Waals surface area contributed by atoms with Crippen LogP contribution in [0.15, 0.2) is 0 Å². The van der Waals surface area contributed by atoms with E-state index in [4.69, 9.17) is 0 Å². The predicted molar refractivity (Wildman–Crippen MR) is 72.3 cm³/mol. The molecule has 0 saturated heterocycles. The number of aryl methyl sites for hydroxylation is 1. The molecular formula is C12H23N3S. The van der Waals surface area contributed by atoms with Crippen LogP contribution in [0.5, 0.6) is 0 Å². The Labute approximate surface area is 103 Å². The number of aromatic nitrogens is 1. The number of nitrogens with one attached hydrogen (secondary N) is 1. The van der Waals surface area contributed by atoms with Crippen LogP contribution in [0, 0.1) is 12.8 Å². The molecule has 0 amide bonds. The summed E-state index contributed by atoms with van der Waals surface area (Å²) in [5.74, 6) is 0.641. The van der Waals surface area contributed by atoms with Crippen LogP contribution in [0.2, 0.25) is 0 Å². The monoisotopic (exact) mass is 241 g/mol. The van der Waals surface area contributed by atoms with E-state index in [1.807, 2.05) is 7.05 Å². The lowest BCUT2D eigenvalue weighted by Crippen LogP contribution is -2.32. The molecule has 0 aliphatic heterocycles. The second-order valence-electron chi connectivity index (χ2n) is 4.63. The second kappa shape index (κ2) is 5.64. The Balaban J connectivity index is 2.84. The molecule has 0 aliphatic rings. The van der Waals surface area contributed by atoms with Crippen LogP contribution < -0.4 is 10.2 Å². The Morgan fingerprint density at radius 3 is 2.50 bits per heavy atom. The van der Waals surface area contributed by atoms with Gasteiger partial charge < -0.3 is 10.2 Å². The summed E-state index contributed by atoms with van der Waals surface area (Å²) in [4.78, 5) is 8.25. The minimum Gasteiger partial charge on any atom is -0.348 e. The van der Waals surface area contributed by atoms with Crippen molar-refractivity contribution in [3.05, 3.63) is 10.6 Å². The molecule has 0 aromatic carbocycles. The maximum Gasteiger partial charge on any atom is 0.185 e. The van der Waals surface area contributed by atoms with Crippen LogP contribution in [-0.4, -0.2) is 25.1 Å². The molecule has 3 nitrogen and oxygen atoms in total. The maximum atomic E-state index is 4.64. The number of nitrogens with zero attached hydrogens (tertiary/aromatic N) is 2. The zero-order valence-electron chi connectivity index (χ0n) is 11.2. The molecule has 0 spiro atoms. The first-order valence-corrected chi connectivity index (χ1v) is 6.62. The minimum atomic E-state index is 0.521. The van der Waals surface area contributed by atoms with Crippen LogP contribution in [-0.2, 0) is 6.54 Å². The summed E-state index contributed by atoms with van der Waals surface area (Å²) in [5.41, 5.74) is 1.15. The van der Waals surface area contributed by atoms with Gasteiger partial charge in [-0.25, -0.2) is 4.98 Å². The van der Waals surface area contributed by atoms with Crippen LogP contribution >= 0.6 is 11.3 Å². The molecule has 0 aliphatic carbocycles. The summed E-state index contributed by atoms with van der Waals surface area (Å²) in [6, 6.07) is 0.521. The smallest absolute Gasteiger partial charge is 0.185 e. The Morgan fingerprint density at radius 2 is 2.00 bits per heavy atom. The van der Waals surface area contributed by atoms with Crippen molar-refractivity contribution in [2.24, 2.45) is 5.92 Å². The summed E-state index contributed by atoms with van der Waals surface area (Å²) >= 11 is 1.79. The molecule has 1 aromatic heterocycles. The Bertz CT molecular complexity index is 333. The normalized spacial score (nSPS) is 13.2. The van der Waals surface area contributed by atoms with Gasteiger partial charge in [0.2, 0.25) is 0 Å². The summed E-state index contributed by atoms with van der Waals surface area (Å²) in [7, 11) is 4.10. The Morgan fingerprint density at radius 1 is 1.38 bits per heavy atom. The van der Waals surface area contributed by atoms with Gasteiger partial charge in [-0.2, -0.15) is 0 Å². The van der Waals surface area contributed by atoms with Crippen LogP contribution in [0.25, 0.3) is 0 Å². The van der Waals surface area contributed by atoms with Gasteiger partial charge in [0.1, 0.15) is 0 Å². The topological polar surface area (TPSA) is 28.2 Å². The highest BCUT2D eigenvalue weighted by Crippen LogP contribution is 2.27.